The lowest BCUT2D eigenvalue weighted by Gasteiger charge is -2.15. The Morgan fingerprint density at radius 2 is 1.41 bits per heavy atom. The van der Waals surface area contributed by atoms with Crippen LogP contribution in [0.1, 0.15) is 18.6 Å². The predicted octanol–water partition coefficient (Wildman–Crippen LogP) is 2.73. The third-order valence-electron chi connectivity index (χ3n) is 2.86. The molecule has 2 rings (SSSR count). The van der Waals surface area contributed by atoms with Crippen molar-refractivity contribution in [2.75, 3.05) is 0 Å². The molecule has 0 amide bonds. The Bertz CT molecular complexity index is 462. The normalized spacial score (nSPS) is 14.3. The van der Waals surface area contributed by atoms with Gasteiger partial charge in [-0.15, -0.1) is 0 Å². The summed E-state index contributed by atoms with van der Waals surface area (Å²) < 4.78 is 0. The fraction of sp³-hybridized carbons (Fsp3) is 0.200. The minimum atomic E-state index is -0.597. The maximum Gasteiger partial charge on any atom is 0.0938 e. The molecule has 0 saturated carbocycles. The van der Waals surface area contributed by atoms with E-state index >= 15 is 0 Å². The molecule has 0 radical (unpaired) electrons. The Morgan fingerprint density at radius 3 is 1.94 bits per heavy atom. The Morgan fingerprint density at radius 1 is 0.882 bits per heavy atom. The molecule has 0 aliphatic heterocycles. The molecule has 0 aliphatic rings. The van der Waals surface area contributed by atoms with Crippen molar-refractivity contribution in [1.29, 1.82) is 0 Å². The van der Waals surface area contributed by atoms with Crippen LogP contribution in [-0.4, -0.2) is 11.1 Å². The molecule has 0 unspecified atom stereocenters. The second kappa shape index (κ2) is 5.13. The summed E-state index contributed by atoms with van der Waals surface area (Å²) >= 11 is 0. The molecule has 2 atom stereocenters. The number of aliphatic hydroxyl groups excluding tert-OH is 1. The second-order valence-corrected chi connectivity index (χ2v) is 4.29. The fourth-order valence-corrected chi connectivity index (χ4v) is 1.81. The summed E-state index contributed by atoms with van der Waals surface area (Å²) in [5, 5.41) is 9.83. The van der Waals surface area contributed by atoms with E-state index in [1.165, 1.54) is 5.56 Å². The lowest BCUT2D eigenvalue weighted by molar-refractivity contribution is 0.153. The number of rotatable bonds is 3. The molecule has 88 valence electrons. The minimum absolute atomic E-state index is 0.252. The third-order valence-corrected chi connectivity index (χ3v) is 2.86. The lowest BCUT2D eigenvalue weighted by Crippen LogP contribution is -2.24. The summed E-state index contributed by atoms with van der Waals surface area (Å²) in [7, 11) is 0. The molecule has 0 saturated heterocycles. The number of benzene rings is 2. The topological polar surface area (TPSA) is 46.2 Å². The first-order chi connectivity index (χ1) is 8.18. The highest BCUT2D eigenvalue weighted by Gasteiger charge is 2.11. The van der Waals surface area contributed by atoms with Gasteiger partial charge in [0.15, 0.2) is 0 Å². The van der Waals surface area contributed by atoms with Crippen molar-refractivity contribution < 1.29 is 5.11 Å². The fourth-order valence-electron chi connectivity index (χ4n) is 1.81. The van der Waals surface area contributed by atoms with Crippen molar-refractivity contribution in [3.63, 3.8) is 0 Å². The third kappa shape index (κ3) is 2.73. The van der Waals surface area contributed by atoms with Crippen LogP contribution in [0.25, 0.3) is 11.1 Å². The number of aliphatic hydroxyl groups is 1. The molecule has 0 heterocycles. The van der Waals surface area contributed by atoms with E-state index in [0.717, 1.165) is 11.1 Å². The molecule has 0 bridgehead atoms. The zero-order chi connectivity index (χ0) is 12.3. The first-order valence-electron chi connectivity index (χ1n) is 5.77. The first-order valence-corrected chi connectivity index (χ1v) is 5.77. The van der Waals surface area contributed by atoms with E-state index in [9.17, 15) is 5.11 Å². The quantitative estimate of drug-likeness (QED) is 0.847. The summed E-state index contributed by atoms with van der Waals surface area (Å²) in [5.74, 6) is 0. The molecule has 0 spiro atoms. The standard InChI is InChI=1S/C15H17NO/c1-11(16)15(17)14-9-7-13(8-10-14)12-5-3-2-4-6-12/h2-11,15,17H,16H2,1H3/t11-,15-/m0/s1. The highest BCUT2D eigenvalue weighted by atomic mass is 16.3. The van der Waals surface area contributed by atoms with Crippen molar-refractivity contribution in [3.05, 3.63) is 60.2 Å². The SMILES string of the molecule is C[C@H](N)[C@H](O)c1ccc(-c2ccccc2)cc1. The molecule has 17 heavy (non-hydrogen) atoms. The summed E-state index contributed by atoms with van der Waals surface area (Å²) in [5.41, 5.74) is 8.85. The highest BCUT2D eigenvalue weighted by molar-refractivity contribution is 5.63. The Kier molecular flexibility index (Phi) is 3.57. The van der Waals surface area contributed by atoms with Crippen LogP contribution >= 0.6 is 0 Å². The van der Waals surface area contributed by atoms with Gasteiger partial charge >= 0.3 is 0 Å². The number of hydrogen-bond donors (Lipinski definition) is 2. The van der Waals surface area contributed by atoms with E-state index < -0.39 is 6.10 Å². The Hall–Kier alpha value is -1.64. The van der Waals surface area contributed by atoms with Crippen LogP contribution in [0.2, 0.25) is 0 Å². The lowest BCUT2D eigenvalue weighted by atomic mass is 9.99. The van der Waals surface area contributed by atoms with Crippen LogP contribution in [0.15, 0.2) is 54.6 Å². The maximum absolute atomic E-state index is 9.83. The molecular formula is C15H17NO. The predicted molar refractivity (Wildman–Crippen MR) is 70.5 cm³/mol. The van der Waals surface area contributed by atoms with Crippen molar-refractivity contribution in [2.24, 2.45) is 5.73 Å². The highest BCUT2D eigenvalue weighted by Crippen LogP contribution is 2.22. The van der Waals surface area contributed by atoms with Crippen LogP contribution in [-0.2, 0) is 0 Å². The van der Waals surface area contributed by atoms with Gasteiger partial charge in [-0.2, -0.15) is 0 Å². The smallest absolute Gasteiger partial charge is 0.0938 e. The van der Waals surface area contributed by atoms with E-state index in [-0.39, 0.29) is 6.04 Å². The van der Waals surface area contributed by atoms with Crippen molar-refractivity contribution in [2.45, 2.75) is 19.1 Å². The van der Waals surface area contributed by atoms with Crippen LogP contribution in [0, 0.1) is 0 Å². The number of nitrogens with two attached hydrogens (primary N) is 1. The molecule has 2 aromatic rings. The second-order valence-electron chi connectivity index (χ2n) is 4.29. The summed E-state index contributed by atoms with van der Waals surface area (Å²) in [6.07, 6.45) is -0.597. The maximum atomic E-state index is 9.83. The summed E-state index contributed by atoms with van der Waals surface area (Å²) in [6.45, 7) is 1.80. The molecular weight excluding hydrogens is 210 g/mol. The van der Waals surface area contributed by atoms with Gasteiger partial charge in [0, 0.05) is 6.04 Å². The molecule has 0 aliphatic carbocycles. The molecule has 0 aromatic heterocycles. The van der Waals surface area contributed by atoms with Crippen LogP contribution < -0.4 is 5.73 Å². The van der Waals surface area contributed by atoms with Gasteiger partial charge in [0.25, 0.3) is 0 Å². The average molecular weight is 227 g/mol. The molecule has 2 heteroatoms. The summed E-state index contributed by atoms with van der Waals surface area (Å²) in [4.78, 5) is 0. The van der Waals surface area contributed by atoms with Crippen LogP contribution in [0.4, 0.5) is 0 Å². The number of hydrogen-bond acceptors (Lipinski definition) is 2. The van der Waals surface area contributed by atoms with Gasteiger partial charge in [-0.3, -0.25) is 0 Å². The van der Waals surface area contributed by atoms with Gasteiger partial charge in [-0.25, -0.2) is 0 Å². The minimum Gasteiger partial charge on any atom is -0.387 e. The van der Waals surface area contributed by atoms with Gasteiger partial charge in [0.1, 0.15) is 0 Å². The van der Waals surface area contributed by atoms with Crippen LogP contribution in [0.5, 0.6) is 0 Å². The Balaban J connectivity index is 2.25. The monoisotopic (exact) mass is 227 g/mol. The van der Waals surface area contributed by atoms with Crippen molar-refractivity contribution in [3.8, 4) is 11.1 Å². The summed E-state index contributed by atoms with van der Waals surface area (Å²) in [6, 6.07) is 17.8. The molecule has 2 aromatic carbocycles. The first kappa shape index (κ1) is 11.8. The van der Waals surface area contributed by atoms with E-state index in [1.807, 2.05) is 42.5 Å². The van der Waals surface area contributed by atoms with E-state index in [4.69, 9.17) is 5.73 Å². The van der Waals surface area contributed by atoms with Crippen molar-refractivity contribution >= 4 is 0 Å². The zero-order valence-electron chi connectivity index (χ0n) is 9.88. The van der Waals surface area contributed by atoms with E-state index in [2.05, 4.69) is 12.1 Å². The van der Waals surface area contributed by atoms with Gasteiger partial charge in [0.2, 0.25) is 0 Å². The van der Waals surface area contributed by atoms with E-state index in [1.54, 1.807) is 6.92 Å². The molecule has 0 fully saturated rings. The van der Waals surface area contributed by atoms with Gasteiger partial charge in [-0.05, 0) is 23.6 Å². The van der Waals surface area contributed by atoms with Gasteiger partial charge in [-0.1, -0.05) is 54.6 Å². The Labute approximate surface area is 102 Å². The average Bonchev–Trinajstić information content (AvgIpc) is 2.39. The molecule has 3 N–H and O–H groups in total. The zero-order valence-corrected chi connectivity index (χ0v) is 9.88. The van der Waals surface area contributed by atoms with Gasteiger partial charge in [0.05, 0.1) is 6.10 Å². The molecule has 2 nitrogen and oxygen atoms in total. The largest absolute Gasteiger partial charge is 0.387 e. The van der Waals surface area contributed by atoms with Gasteiger partial charge < -0.3 is 10.8 Å². The van der Waals surface area contributed by atoms with Crippen LogP contribution in [0.3, 0.4) is 0 Å². The van der Waals surface area contributed by atoms with Crippen molar-refractivity contribution in [1.82, 2.24) is 0 Å². The van der Waals surface area contributed by atoms with E-state index in [0.29, 0.717) is 0 Å².